The molecule has 1 heterocycles. The van der Waals surface area contributed by atoms with E-state index in [1.165, 1.54) is 12.5 Å². The van der Waals surface area contributed by atoms with Crippen molar-refractivity contribution in [1.29, 1.82) is 0 Å². The SMILES string of the molecule is C=C1CC2C3CCC(=O)C3(C)CCC2C2(COC(C)=O)CC/C(=N/OC3CCNC3)C(CC)C12. The Balaban J connectivity index is 1.48. The van der Waals surface area contributed by atoms with Crippen LogP contribution in [0.2, 0.25) is 0 Å². The van der Waals surface area contributed by atoms with E-state index in [2.05, 4.69) is 25.7 Å². The number of nitrogens with one attached hydrogen (secondary N) is 1. The number of hydrogen-bond donors (Lipinski definition) is 1. The molecule has 0 radical (unpaired) electrons. The first kappa shape index (κ1) is 24.0. The fourth-order valence-electron chi connectivity index (χ4n) is 8.84. The number of nitrogens with zero attached hydrogens (tertiary/aromatic N) is 1. The molecule has 0 aromatic carbocycles. The van der Waals surface area contributed by atoms with Crippen LogP contribution >= 0.6 is 0 Å². The molecule has 8 atom stereocenters. The third-order valence-corrected chi connectivity index (χ3v) is 10.4. The van der Waals surface area contributed by atoms with Gasteiger partial charge in [0.05, 0.1) is 12.3 Å². The summed E-state index contributed by atoms with van der Waals surface area (Å²) < 4.78 is 5.84. The Labute approximate surface area is 204 Å². The van der Waals surface area contributed by atoms with Gasteiger partial charge in [0.1, 0.15) is 11.9 Å². The molecule has 1 N–H and O–H groups in total. The van der Waals surface area contributed by atoms with Gasteiger partial charge < -0.3 is 14.9 Å². The van der Waals surface area contributed by atoms with Crippen molar-refractivity contribution in [3.05, 3.63) is 12.2 Å². The highest BCUT2D eigenvalue weighted by Gasteiger charge is 2.64. The van der Waals surface area contributed by atoms with Crippen molar-refractivity contribution in [3.63, 3.8) is 0 Å². The molecule has 4 saturated carbocycles. The number of oxime groups is 1. The van der Waals surface area contributed by atoms with E-state index in [0.717, 1.165) is 76.6 Å². The molecular formula is C28H42N2O4. The first-order chi connectivity index (χ1) is 16.3. The zero-order valence-corrected chi connectivity index (χ0v) is 21.2. The maximum absolute atomic E-state index is 12.9. The van der Waals surface area contributed by atoms with Crippen LogP contribution in [0.4, 0.5) is 0 Å². The quantitative estimate of drug-likeness (QED) is 0.359. The van der Waals surface area contributed by atoms with Crippen molar-refractivity contribution < 1.29 is 19.2 Å². The summed E-state index contributed by atoms with van der Waals surface area (Å²) in [7, 11) is 0. The van der Waals surface area contributed by atoms with Gasteiger partial charge in [-0.1, -0.05) is 31.2 Å². The summed E-state index contributed by atoms with van der Waals surface area (Å²) >= 11 is 0. The van der Waals surface area contributed by atoms with Crippen molar-refractivity contribution in [2.75, 3.05) is 19.7 Å². The van der Waals surface area contributed by atoms with Crippen LogP contribution in [-0.4, -0.2) is 43.3 Å². The number of carbonyl (C=O) groups is 2. The van der Waals surface area contributed by atoms with Crippen LogP contribution in [0.15, 0.2) is 17.3 Å². The lowest BCUT2D eigenvalue weighted by Crippen LogP contribution is -2.59. The molecule has 1 saturated heterocycles. The van der Waals surface area contributed by atoms with Crippen LogP contribution in [0.3, 0.4) is 0 Å². The van der Waals surface area contributed by atoms with Crippen LogP contribution in [0.25, 0.3) is 0 Å². The summed E-state index contributed by atoms with van der Waals surface area (Å²) in [6.07, 6.45) is 8.70. The van der Waals surface area contributed by atoms with Crippen molar-refractivity contribution in [2.45, 2.75) is 84.7 Å². The molecule has 6 heteroatoms. The fraction of sp³-hybridized carbons (Fsp3) is 0.821. The predicted molar refractivity (Wildman–Crippen MR) is 131 cm³/mol. The lowest BCUT2D eigenvalue weighted by Gasteiger charge is -2.62. The van der Waals surface area contributed by atoms with Crippen molar-refractivity contribution in [1.82, 2.24) is 5.32 Å². The number of rotatable bonds is 5. The number of Topliss-reactive ketones (excluding diaryl/α,β-unsaturated/α-hetero) is 1. The number of ether oxygens (including phenoxy) is 1. The molecule has 0 spiro atoms. The average molecular weight is 471 g/mol. The van der Waals surface area contributed by atoms with E-state index >= 15 is 0 Å². The fourth-order valence-corrected chi connectivity index (χ4v) is 8.84. The second-order valence-corrected chi connectivity index (χ2v) is 12.0. The molecule has 6 nitrogen and oxygen atoms in total. The highest BCUT2D eigenvalue weighted by Crippen LogP contribution is 2.67. The first-order valence-corrected chi connectivity index (χ1v) is 13.6. The van der Waals surface area contributed by atoms with Gasteiger partial charge in [-0.15, -0.1) is 0 Å². The summed E-state index contributed by atoms with van der Waals surface area (Å²) in [5, 5.41) is 8.08. The number of ketones is 1. The Morgan fingerprint density at radius 2 is 2.03 bits per heavy atom. The molecule has 8 unspecified atom stereocenters. The summed E-state index contributed by atoms with van der Waals surface area (Å²) in [4.78, 5) is 30.8. The standard InChI is InChI=1S/C28H42N2O4/c1-5-20-24(30-34-19-10-13-29-15-19)9-12-28(16-33-18(3)31)23-8-11-27(4)22(6-7-25(27)32)21(23)14-17(2)26(20)28/h19-23,26,29H,2,5-16H2,1,3-4H3/b30-24-. The van der Waals surface area contributed by atoms with E-state index in [1.54, 1.807) is 0 Å². The molecule has 0 amide bonds. The molecule has 0 aromatic rings. The second kappa shape index (κ2) is 9.07. The van der Waals surface area contributed by atoms with Crippen LogP contribution in [0.1, 0.15) is 78.6 Å². The largest absolute Gasteiger partial charge is 0.465 e. The molecule has 0 bridgehead atoms. The smallest absolute Gasteiger partial charge is 0.302 e. The molecule has 34 heavy (non-hydrogen) atoms. The Bertz CT molecular complexity index is 878. The average Bonchev–Trinajstić information content (AvgIpc) is 3.44. The Morgan fingerprint density at radius 1 is 1.21 bits per heavy atom. The van der Waals surface area contributed by atoms with Gasteiger partial charge in [-0.25, -0.2) is 0 Å². The van der Waals surface area contributed by atoms with Crippen molar-refractivity contribution in [2.24, 2.45) is 45.6 Å². The number of fused-ring (bicyclic) bond motifs is 5. The normalized spacial score (nSPS) is 45.0. The first-order valence-electron chi connectivity index (χ1n) is 13.6. The maximum atomic E-state index is 12.9. The third-order valence-electron chi connectivity index (χ3n) is 10.4. The molecule has 5 aliphatic rings. The van der Waals surface area contributed by atoms with Gasteiger partial charge in [0.15, 0.2) is 0 Å². The molecule has 0 aromatic heterocycles. The van der Waals surface area contributed by atoms with Gasteiger partial charge in [0.25, 0.3) is 0 Å². The predicted octanol–water partition coefficient (Wildman–Crippen LogP) is 4.68. The highest BCUT2D eigenvalue weighted by atomic mass is 16.6. The van der Waals surface area contributed by atoms with E-state index in [1.807, 2.05) is 0 Å². The monoisotopic (exact) mass is 470 g/mol. The van der Waals surface area contributed by atoms with Gasteiger partial charge in [-0.2, -0.15) is 0 Å². The summed E-state index contributed by atoms with van der Waals surface area (Å²) in [6, 6.07) is 0. The third kappa shape index (κ3) is 3.75. The number of hydrogen-bond acceptors (Lipinski definition) is 6. The zero-order chi connectivity index (χ0) is 24.1. The van der Waals surface area contributed by atoms with E-state index in [4.69, 9.17) is 14.7 Å². The van der Waals surface area contributed by atoms with Gasteiger partial charge in [0, 0.05) is 43.1 Å². The zero-order valence-electron chi connectivity index (χ0n) is 21.2. The summed E-state index contributed by atoms with van der Waals surface area (Å²) in [5.41, 5.74) is 2.14. The molecule has 4 aliphatic carbocycles. The second-order valence-electron chi connectivity index (χ2n) is 12.0. The molecule has 1 aliphatic heterocycles. The van der Waals surface area contributed by atoms with E-state index in [9.17, 15) is 9.59 Å². The van der Waals surface area contributed by atoms with Gasteiger partial charge in [0.2, 0.25) is 0 Å². The van der Waals surface area contributed by atoms with E-state index in [0.29, 0.717) is 30.1 Å². The van der Waals surface area contributed by atoms with Crippen molar-refractivity contribution >= 4 is 17.5 Å². The van der Waals surface area contributed by atoms with Gasteiger partial charge >= 0.3 is 5.97 Å². The summed E-state index contributed by atoms with van der Waals surface area (Å²) in [6.45, 7) is 12.9. The molecule has 5 fully saturated rings. The molecular weight excluding hydrogens is 428 g/mol. The Morgan fingerprint density at radius 3 is 2.74 bits per heavy atom. The Hall–Kier alpha value is -1.69. The van der Waals surface area contributed by atoms with Crippen LogP contribution in [-0.2, 0) is 19.2 Å². The van der Waals surface area contributed by atoms with E-state index in [-0.39, 0.29) is 34.7 Å². The Kier molecular flexibility index (Phi) is 6.41. The molecule has 188 valence electrons. The van der Waals surface area contributed by atoms with E-state index < -0.39 is 0 Å². The minimum absolute atomic E-state index is 0.118. The summed E-state index contributed by atoms with van der Waals surface area (Å²) in [5.74, 6) is 2.12. The maximum Gasteiger partial charge on any atom is 0.302 e. The van der Waals surface area contributed by atoms with Gasteiger partial charge in [-0.3, -0.25) is 9.59 Å². The number of carbonyl (C=O) groups excluding carboxylic acids is 2. The number of allylic oxidation sites excluding steroid dienone is 1. The lowest BCUT2D eigenvalue weighted by molar-refractivity contribution is -0.160. The van der Waals surface area contributed by atoms with Crippen LogP contribution in [0, 0.1) is 40.4 Å². The minimum atomic E-state index is -0.206. The van der Waals surface area contributed by atoms with Crippen LogP contribution in [0.5, 0.6) is 0 Å². The van der Waals surface area contributed by atoms with Gasteiger partial charge in [-0.05, 0) is 75.2 Å². The highest BCUT2D eigenvalue weighted by molar-refractivity contribution is 5.88. The minimum Gasteiger partial charge on any atom is -0.465 e. The number of esters is 1. The molecule has 5 rings (SSSR count). The topological polar surface area (TPSA) is 77.0 Å². The lowest BCUT2D eigenvalue weighted by atomic mass is 9.42. The van der Waals surface area contributed by atoms with Crippen LogP contribution < -0.4 is 5.32 Å². The van der Waals surface area contributed by atoms with Crippen molar-refractivity contribution in [3.8, 4) is 0 Å².